The van der Waals surface area contributed by atoms with E-state index in [0.717, 1.165) is 67.9 Å². The highest BCUT2D eigenvalue weighted by atomic mass is 16.3. The summed E-state index contributed by atoms with van der Waals surface area (Å²) in [4.78, 5) is 2.42. The van der Waals surface area contributed by atoms with E-state index in [1.54, 1.807) is 5.56 Å². The third-order valence-electron chi connectivity index (χ3n) is 15.6. The molecule has 0 spiro atoms. The van der Waals surface area contributed by atoms with Gasteiger partial charge >= 0.3 is 0 Å². The van der Waals surface area contributed by atoms with Gasteiger partial charge in [-0.3, -0.25) is 0 Å². The number of hydrogen-bond acceptors (Lipinski definition) is 2. The second-order valence-electron chi connectivity index (χ2n) is 19.1. The first-order chi connectivity index (χ1) is 31.6. The first kappa shape index (κ1) is 36.2. The van der Waals surface area contributed by atoms with Gasteiger partial charge in [0.2, 0.25) is 0 Å². The van der Waals surface area contributed by atoms with Crippen LogP contribution < -0.4 is 4.90 Å². The molecule has 0 radical (unpaired) electrons. The zero-order chi connectivity index (χ0) is 41.9. The molecule has 64 heavy (non-hydrogen) atoms. The van der Waals surface area contributed by atoms with Gasteiger partial charge < -0.3 is 13.9 Å². The van der Waals surface area contributed by atoms with Crippen molar-refractivity contribution in [3.05, 3.63) is 206 Å². The van der Waals surface area contributed by atoms with Crippen LogP contribution >= 0.6 is 0 Å². The summed E-state index contributed by atoms with van der Waals surface area (Å²) in [5.74, 6) is 2.82. The predicted octanol–water partition coefficient (Wildman–Crippen LogP) is 16.7. The molecule has 11 aromatic rings. The molecular formula is C61H46N2O. The smallest absolute Gasteiger partial charge is 0.143 e. The quantitative estimate of drug-likeness (QED) is 0.160. The van der Waals surface area contributed by atoms with Crippen LogP contribution in [0.2, 0.25) is 0 Å². The minimum atomic E-state index is 0.377. The molecule has 306 valence electrons. The highest BCUT2D eigenvalue weighted by Crippen LogP contribution is 2.65. The topological polar surface area (TPSA) is 21.3 Å². The van der Waals surface area contributed by atoms with Crippen molar-refractivity contribution >= 4 is 71.6 Å². The van der Waals surface area contributed by atoms with Crippen molar-refractivity contribution in [2.75, 3.05) is 4.90 Å². The number of para-hydroxylation sites is 3. The summed E-state index contributed by atoms with van der Waals surface area (Å²) in [5.41, 5.74) is 15.4. The lowest BCUT2D eigenvalue weighted by Gasteiger charge is -2.39. The van der Waals surface area contributed by atoms with Crippen molar-refractivity contribution in [3.8, 4) is 27.9 Å². The van der Waals surface area contributed by atoms with Crippen LogP contribution in [0.3, 0.4) is 0 Å². The molecule has 0 saturated heterocycles. The molecule has 2 heterocycles. The highest BCUT2D eigenvalue weighted by Gasteiger charge is 2.56. The van der Waals surface area contributed by atoms with Gasteiger partial charge in [-0.15, -0.1) is 0 Å². The Labute approximate surface area is 372 Å². The minimum absolute atomic E-state index is 0.377. The average molecular weight is 823 g/mol. The van der Waals surface area contributed by atoms with Crippen LogP contribution in [0.1, 0.15) is 37.7 Å². The maximum atomic E-state index is 6.46. The Morgan fingerprint density at radius 3 is 1.83 bits per heavy atom. The molecule has 3 heteroatoms. The summed E-state index contributed by atoms with van der Waals surface area (Å²) in [5, 5.41) is 7.36. The molecule has 4 atom stereocenters. The van der Waals surface area contributed by atoms with E-state index < -0.39 is 0 Å². The molecule has 4 bridgehead atoms. The number of fused-ring (bicyclic) bond motifs is 7. The number of aromatic nitrogens is 1. The molecular weight excluding hydrogens is 777 g/mol. The molecule has 15 rings (SSSR count). The fourth-order valence-corrected chi connectivity index (χ4v) is 12.9. The summed E-state index contributed by atoms with van der Waals surface area (Å²) in [6.45, 7) is 0. The average Bonchev–Trinajstić information content (AvgIpc) is 4.05. The Kier molecular flexibility index (Phi) is 7.81. The van der Waals surface area contributed by atoms with E-state index in [4.69, 9.17) is 4.42 Å². The van der Waals surface area contributed by atoms with Gasteiger partial charge in [0.15, 0.2) is 0 Å². The molecule has 3 unspecified atom stereocenters. The number of furan rings is 1. The predicted molar refractivity (Wildman–Crippen MR) is 266 cm³/mol. The molecule has 3 nitrogen and oxygen atoms in total. The maximum Gasteiger partial charge on any atom is 0.143 e. The van der Waals surface area contributed by atoms with Crippen LogP contribution in [-0.2, 0) is 5.41 Å². The van der Waals surface area contributed by atoms with Crippen molar-refractivity contribution in [1.82, 2.24) is 4.57 Å². The summed E-state index contributed by atoms with van der Waals surface area (Å²) in [7, 11) is 0. The molecule has 4 aliphatic rings. The Bertz CT molecular complexity index is 3590. The molecule has 0 N–H and O–H groups in total. The second-order valence-corrected chi connectivity index (χ2v) is 19.1. The molecule has 0 aliphatic heterocycles. The van der Waals surface area contributed by atoms with Gasteiger partial charge in [-0.05, 0) is 161 Å². The molecule has 4 fully saturated rings. The minimum Gasteiger partial charge on any atom is -0.455 e. The highest BCUT2D eigenvalue weighted by molar-refractivity contribution is 6.14. The lowest BCUT2D eigenvalue weighted by Crippen LogP contribution is -2.31. The van der Waals surface area contributed by atoms with E-state index in [2.05, 4.69) is 204 Å². The zero-order valence-corrected chi connectivity index (χ0v) is 35.6. The molecule has 9 aromatic carbocycles. The molecule has 4 aliphatic carbocycles. The van der Waals surface area contributed by atoms with Crippen LogP contribution in [0.15, 0.2) is 205 Å². The normalized spacial score (nSPS) is 20.1. The number of nitrogens with zero attached hydrogens (tertiary/aromatic N) is 2. The van der Waals surface area contributed by atoms with E-state index in [1.165, 1.54) is 81.5 Å². The van der Waals surface area contributed by atoms with Crippen LogP contribution in [0.4, 0.5) is 17.1 Å². The monoisotopic (exact) mass is 822 g/mol. The van der Waals surface area contributed by atoms with Gasteiger partial charge in [-0.2, -0.15) is 0 Å². The van der Waals surface area contributed by atoms with Gasteiger partial charge in [0, 0.05) is 49.9 Å². The summed E-state index contributed by atoms with van der Waals surface area (Å²) >= 11 is 0. The molecule has 0 amide bonds. The molecule has 4 saturated carbocycles. The molecule has 2 aromatic heterocycles. The van der Waals surface area contributed by atoms with Crippen LogP contribution in [0.5, 0.6) is 0 Å². The summed E-state index contributed by atoms with van der Waals surface area (Å²) in [6, 6.07) is 73.9. The SMILES string of the molecule is c1cc(-c2ccc(N(c3ccc(-c4cccc5c4oc4ccccc45)cc3)c3ccc(C45CC6CC(C4)[C@@H](C6)C5)cc3)cc2)cc(-n2c3ccccc3c3cc4ccccc4cc32)c1. The Morgan fingerprint density at radius 2 is 1.08 bits per heavy atom. The van der Waals surface area contributed by atoms with Crippen LogP contribution in [0, 0.1) is 17.8 Å². The van der Waals surface area contributed by atoms with Gasteiger partial charge in [0.1, 0.15) is 11.2 Å². The number of benzene rings is 9. The number of hydrogen-bond donors (Lipinski definition) is 0. The van der Waals surface area contributed by atoms with Crippen molar-refractivity contribution in [3.63, 3.8) is 0 Å². The van der Waals surface area contributed by atoms with E-state index >= 15 is 0 Å². The first-order valence-corrected chi connectivity index (χ1v) is 23.2. The van der Waals surface area contributed by atoms with Gasteiger partial charge in [0.25, 0.3) is 0 Å². The van der Waals surface area contributed by atoms with Gasteiger partial charge in [0.05, 0.1) is 11.0 Å². The van der Waals surface area contributed by atoms with Crippen molar-refractivity contribution in [1.29, 1.82) is 0 Å². The van der Waals surface area contributed by atoms with Crippen LogP contribution in [-0.4, -0.2) is 4.57 Å². The summed E-state index contributed by atoms with van der Waals surface area (Å²) in [6.07, 6.45) is 7.08. The fourth-order valence-electron chi connectivity index (χ4n) is 12.9. The largest absolute Gasteiger partial charge is 0.455 e. The van der Waals surface area contributed by atoms with Gasteiger partial charge in [-0.25, -0.2) is 0 Å². The number of anilines is 3. The Balaban J connectivity index is 0.842. The fraction of sp³-hybridized carbons (Fsp3) is 0.148. The third kappa shape index (κ3) is 5.53. The first-order valence-electron chi connectivity index (χ1n) is 23.2. The Morgan fingerprint density at radius 1 is 0.453 bits per heavy atom. The Hall–Kier alpha value is -7.36. The van der Waals surface area contributed by atoms with Crippen molar-refractivity contribution in [2.45, 2.75) is 37.5 Å². The summed E-state index contributed by atoms with van der Waals surface area (Å²) < 4.78 is 8.89. The van der Waals surface area contributed by atoms with E-state index in [-0.39, 0.29) is 0 Å². The number of rotatable bonds is 7. The van der Waals surface area contributed by atoms with Crippen molar-refractivity contribution < 1.29 is 4.42 Å². The van der Waals surface area contributed by atoms with E-state index in [1.807, 2.05) is 6.07 Å². The lowest BCUT2D eigenvalue weighted by molar-refractivity contribution is 0.229. The lowest BCUT2D eigenvalue weighted by atomic mass is 9.66. The third-order valence-corrected chi connectivity index (χ3v) is 15.6. The second kappa shape index (κ2) is 13.8. The standard InChI is InChI=1S/C61H46N2O/c1-2-10-44-35-58-56(34-43(44)9-1)53-13-3-5-17-57(53)63(58)51-12-7-11-42(33-51)40-19-25-48(26-20-40)62(50-29-23-47(24-30-50)61-36-39-31-45(37-61)46(32-39)38-61)49-27-21-41(22-28-49)52-15-8-16-55-54-14-4-6-18-59(54)64-60(52)55/h1-30,33-35,39,45-46H,31-32,36-38H2/t39?,45-,46?,61?/m0/s1. The van der Waals surface area contributed by atoms with Crippen molar-refractivity contribution in [2.24, 2.45) is 17.8 Å². The van der Waals surface area contributed by atoms with Crippen LogP contribution in [0.25, 0.3) is 82.5 Å². The zero-order valence-electron chi connectivity index (χ0n) is 35.6. The van der Waals surface area contributed by atoms with Gasteiger partial charge in [-0.1, -0.05) is 127 Å². The maximum absolute atomic E-state index is 6.46. The van der Waals surface area contributed by atoms with E-state index in [9.17, 15) is 0 Å². The van der Waals surface area contributed by atoms with E-state index in [0.29, 0.717) is 5.41 Å².